The first-order valence-electron chi connectivity index (χ1n) is 8.64. The zero-order valence-electron chi connectivity index (χ0n) is 15.3. The van der Waals surface area contributed by atoms with Gasteiger partial charge in [-0.3, -0.25) is 10.2 Å². The smallest absolute Gasteiger partial charge is 0.426 e. The molecule has 0 saturated heterocycles. The number of aromatic nitrogens is 2. The van der Waals surface area contributed by atoms with Gasteiger partial charge in [-0.2, -0.15) is 0 Å². The number of hydrogen-bond acceptors (Lipinski definition) is 6. The van der Waals surface area contributed by atoms with E-state index >= 15 is 0 Å². The molecule has 0 unspecified atom stereocenters. The van der Waals surface area contributed by atoms with Crippen LogP contribution in [0.4, 0.5) is 4.79 Å². The molecule has 0 spiro atoms. The maximum atomic E-state index is 12.1. The van der Waals surface area contributed by atoms with Crippen LogP contribution in [-0.2, 0) is 17.9 Å². The summed E-state index contributed by atoms with van der Waals surface area (Å²) < 4.78 is 12.4. The number of amides is 2. The predicted octanol–water partition coefficient (Wildman–Crippen LogP) is 2.96. The first-order chi connectivity index (χ1) is 13.7. The topological polar surface area (TPSA) is 94.5 Å². The first kappa shape index (κ1) is 19.4. The lowest BCUT2D eigenvalue weighted by molar-refractivity contribution is 0.0902. The lowest BCUT2D eigenvalue weighted by Gasteiger charge is -2.10. The van der Waals surface area contributed by atoms with Gasteiger partial charge in [-0.05, 0) is 23.9 Å². The van der Waals surface area contributed by atoms with Crippen molar-refractivity contribution >= 4 is 23.3 Å². The van der Waals surface area contributed by atoms with E-state index in [1.807, 2.05) is 48.0 Å². The summed E-state index contributed by atoms with van der Waals surface area (Å²) in [6.45, 7) is 2.87. The van der Waals surface area contributed by atoms with Crippen LogP contribution in [0.5, 0.6) is 5.75 Å². The van der Waals surface area contributed by atoms with Crippen LogP contribution >= 0.6 is 11.3 Å². The van der Waals surface area contributed by atoms with Crippen LogP contribution in [0.1, 0.15) is 28.0 Å². The molecule has 0 atom stereocenters. The molecule has 0 aliphatic carbocycles. The minimum absolute atomic E-state index is 0.0231. The fourth-order valence-corrected chi connectivity index (χ4v) is 3.20. The number of nitrogens with zero attached hydrogens (tertiary/aromatic N) is 2. The van der Waals surface area contributed by atoms with Gasteiger partial charge in [0.05, 0.1) is 6.61 Å². The van der Waals surface area contributed by atoms with Crippen molar-refractivity contribution in [3.8, 4) is 5.75 Å². The van der Waals surface area contributed by atoms with E-state index in [0.717, 1.165) is 5.56 Å². The van der Waals surface area contributed by atoms with E-state index in [0.29, 0.717) is 29.6 Å². The van der Waals surface area contributed by atoms with E-state index in [2.05, 4.69) is 15.8 Å². The Kier molecular flexibility index (Phi) is 6.64. The van der Waals surface area contributed by atoms with Gasteiger partial charge >= 0.3 is 6.09 Å². The molecule has 2 amide bonds. The monoisotopic (exact) mass is 400 g/mol. The molecule has 2 N–H and O–H groups in total. The Morgan fingerprint density at radius 2 is 2.00 bits per heavy atom. The molecule has 3 rings (SSSR count). The van der Waals surface area contributed by atoms with Crippen LogP contribution in [0.15, 0.2) is 54.2 Å². The van der Waals surface area contributed by atoms with Gasteiger partial charge in [0.1, 0.15) is 16.5 Å². The summed E-state index contributed by atoms with van der Waals surface area (Å²) in [6.07, 6.45) is 2.68. The van der Waals surface area contributed by atoms with Crippen molar-refractivity contribution < 1.29 is 19.1 Å². The average Bonchev–Trinajstić information content (AvgIpc) is 3.35. The molecule has 8 nitrogen and oxygen atoms in total. The SMILES string of the molecule is CCOc1ccsc1C(=O)NNC(=O)OCc1nccn1Cc1ccccc1. The van der Waals surface area contributed by atoms with Crippen LogP contribution in [0, 0.1) is 0 Å². The summed E-state index contributed by atoms with van der Waals surface area (Å²) in [5.74, 6) is 0.603. The van der Waals surface area contributed by atoms with E-state index in [1.54, 1.807) is 17.6 Å². The Morgan fingerprint density at radius 3 is 2.79 bits per heavy atom. The fourth-order valence-electron chi connectivity index (χ4n) is 2.47. The number of hydrogen-bond donors (Lipinski definition) is 2. The van der Waals surface area contributed by atoms with Crippen molar-refractivity contribution in [1.29, 1.82) is 0 Å². The van der Waals surface area contributed by atoms with Gasteiger partial charge in [-0.25, -0.2) is 15.2 Å². The number of thiophene rings is 1. The second-order valence-electron chi connectivity index (χ2n) is 5.66. The van der Waals surface area contributed by atoms with Crippen molar-refractivity contribution in [2.45, 2.75) is 20.1 Å². The van der Waals surface area contributed by atoms with Gasteiger partial charge in [0.25, 0.3) is 5.91 Å². The van der Waals surface area contributed by atoms with Crippen LogP contribution in [0.2, 0.25) is 0 Å². The molecule has 28 heavy (non-hydrogen) atoms. The quantitative estimate of drug-likeness (QED) is 0.595. The lowest BCUT2D eigenvalue weighted by atomic mass is 10.2. The van der Waals surface area contributed by atoms with Gasteiger partial charge in [-0.15, -0.1) is 11.3 Å². The highest BCUT2D eigenvalue weighted by Crippen LogP contribution is 2.24. The highest BCUT2D eigenvalue weighted by Gasteiger charge is 2.15. The normalized spacial score (nSPS) is 10.3. The molecular weight excluding hydrogens is 380 g/mol. The van der Waals surface area contributed by atoms with Crippen molar-refractivity contribution in [3.05, 3.63) is 70.4 Å². The Morgan fingerprint density at radius 1 is 1.18 bits per heavy atom. The third-order valence-electron chi connectivity index (χ3n) is 3.74. The molecule has 0 aliphatic heterocycles. The van der Waals surface area contributed by atoms with E-state index in [-0.39, 0.29) is 6.61 Å². The molecule has 2 aromatic heterocycles. The Balaban J connectivity index is 1.48. The number of carbonyl (C=O) groups is 2. The number of hydrazine groups is 1. The Bertz CT molecular complexity index is 923. The van der Waals surface area contributed by atoms with Crippen LogP contribution < -0.4 is 15.6 Å². The standard InChI is InChI=1S/C19H20N4O4S/c1-2-26-15-8-11-28-17(15)18(24)21-22-19(25)27-13-16-20-9-10-23(16)12-14-6-4-3-5-7-14/h3-11H,2,12-13H2,1H3,(H,21,24)(H,22,25). The van der Waals surface area contributed by atoms with Gasteiger partial charge < -0.3 is 14.0 Å². The largest absolute Gasteiger partial charge is 0.492 e. The van der Waals surface area contributed by atoms with Gasteiger partial charge in [0, 0.05) is 18.9 Å². The first-order valence-corrected chi connectivity index (χ1v) is 9.52. The van der Waals surface area contributed by atoms with Gasteiger partial charge in [0.2, 0.25) is 0 Å². The number of nitrogens with one attached hydrogen (secondary N) is 2. The van der Waals surface area contributed by atoms with Crippen LogP contribution in [0.3, 0.4) is 0 Å². The lowest BCUT2D eigenvalue weighted by Crippen LogP contribution is -2.41. The number of carbonyl (C=O) groups excluding carboxylic acids is 2. The zero-order chi connectivity index (χ0) is 19.8. The van der Waals surface area contributed by atoms with Gasteiger partial charge in [0.15, 0.2) is 6.61 Å². The van der Waals surface area contributed by atoms with Crippen molar-refractivity contribution in [3.63, 3.8) is 0 Å². The molecule has 0 saturated carbocycles. The van der Waals surface area contributed by atoms with Gasteiger partial charge in [-0.1, -0.05) is 30.3 Å². The predicted molar refractivity (Wildman–Crippen MR) is 104 cm³/mol. The molecule has 146 valence electrons. The Labute approximate surface area is 166 Å². The zero-order valence-corrected chi connectivity index (χ0v) is 16.1. The van der Waals surface area contributed by atoms with Crippen molar-refractivity contribution in [1.82, 2.24) is 20.4 Å². The van der Waals surface area contributed by atoms with E-state index < -0.39 is 12.0 Å². The minimum atomic E-state index is -0.780. The summed E-state index contributed by atoms with van der Waals surface area (Å²) in [5.41, 5.74) is 5.64. The molecule has 3 aromatic rings. The number of ether oxygens (including phenoxy) is 2. The number of benzene rings is 1. The minimum Gasteiger partial charge on any atom is -0.492 e. The van der Waals surface area contributed by atoms with Crippen molar-refractivity contribution in [2.75, 3.05) is 6.61 Å². The van der Waals surface area contributed by atoms with E-state index in [4.69, 9.17) is 9.47 Å². The molecule has 1 aromatic carbocycles. The summed E-state index contributed by atoms with van der Waals surface area (Å²) >= 11 is 1.22. The molecule has 2 heterocycles. The third kappa shape index (κ3) is 5.10. The molecule has 0 fully saturated rings. The highest BCUT2D eigenvalue weighted by molar-refractivity contribution is 7.12. The van der Waals surface area contributed by atoms with Crippen molar-refractivity contribution in [2.24, 2.45) is 0 Å². The highest BCUT2D eigenvalue weighted by atomic mass is 32.1. The van der Waals surface area contributed by atoms with Crippen LogP contribution in [-0.4, -0.2) is 28.2 Å². The maximum Gasteiger partial charge on any atom is 0.426 e. The molecule has 0 aliphatic rings. The maximum absolute atomic E-state index is 12.1. The number of imidazole rings is 1. The average molecular weight is 400 g/mol. The summed E-state index contributed by atoms with van der Waals surface area (Å²) in [6, 6.07) is 11.6. The van der Waals surface area contributed by atoms with E-state index in [9.17, 15) is 9.59 Å². The summed E-state index contributed by atoms with van der Waals surface area (Å²) in [4.78, 5) is 28.6. The number of rotatable bonds is 7. The second kappa shape index (κ2) is 9.56. The fraction of sp³-hybridized carbons (Fsp3) is 0.211. The third-order valence-corrected chi connectivity index (χ3v) is 4.64. The molecule has 0 radical (unpaired) electrons. The Hall–Kier alpha value is -3.33. The molecule has 0 bridgehead atoms. The summed E-state index contributed by atoms with van der Waals surface area (Å²) in [5, 5.41) is 1.74. The summed E-state index contributed by atoms with van der Waals surface area (Å²) in [7, 11) is 0. The van der Waals surface area contributed by atoms with Crippen LogP contribution in [0.25, 0.3) is 0 Å². The second-order valence-corrected chi connectivity index (χ2v) is 6.58. The molecular formula is C19H20N4O4S. The van der Waals surface area contributed by atoms with E-state index in [1.165, 1.54) is 11.3 Å². The molecule has 9 heteroatoms.